The average molecular weight is 237 g/mol. The van der Waals surface area contributed by atoms with Crippen molar-refractivity contribution in [3.05, 3.63) is 21.9 Å². The van der Waals surface area contributed by atoms with E-state index in [1.807, 2.05) is 0 Å². The number of nitrogens with zero attached hydrogens (tertiary/aromatic N) is 1. The van der Waals surface area contributed by atoms with Gasteiger partial charge in [0.25, 0.3) is 0 Å². The van der Waals surface area contributed by atoms with E-state index < -0.39 is 0 Å². The van der Waals surface area contributed by atoms with Crippen molar-refractivity contribution in [2.24, 2.45) is 10.7 Å². The van der Waals surface area contributed by atoms with Gasteiger partial charge in [-0.1, -0.05) is 12.8 Å². The summed E-state index contributed by atoms with van der Waals surface area (Å²) in [7, 11) is 0. The molecule has 1 aromatic heterocycles. The first kappa shape index (κ1) is 11.5. The van der Waals surface area contributed by atoms with E-state index in [1.54, 1.807) is 11.3 Å². The van der Waals surface area contributed by atoms with Crippen molar-refractivity contribution in [2.45, 2.75) is 45.2 Å². The van der Waals surface area contributed by atoms with Crippen LogP contribution in [-0.2, 0) is 6.54 Å². The summed E-state index contributed by atoms with van der Waals surface area (Å²) in [6.07, 6.45) is 5.09. The molecule has 0 aromatic carbocycles. The second kappa shape index (κ2) is 5.34. The fourth-order valence-corrected chi connectivity index (χ4v) is 2.86. The van der Waals surface area contributed by atoms with E-state index in [0.29, 0.717) is 18.5 Å². The fraction of sp³-hybridized carbons (Fsp3) is 0.583. The summed E-state index contributed by atoms with van der Waals surface area (Å²) in [5.74, 6) is 0.595. The molecule has 0 bridgehead atoms. The molecule has 1 heterocycles. The van der Waals surface area contributed by atoms with E-state index in [2.05, 4.69) is 28.7 Å². The Morgan fingerprint density at radius 3 is 2.94 bits per heavy atom. The smallest absolute Gasteiger partial charge is 0.189 e. The van der Waals surface area contributed by atoms with Crippen LogP contribution in [0.2, 0.25) is 0 Å². The second-order valence-corrected chi connectivity index (χ2v) is 5.41. The monoisotopic (exact) mass is 237 g/mol. The molecule has 0 aliphatic heterocycles. The highest BCUT2D eigenvalue weighted by atomic mass is 32.1. The predicted octanol–water partition coefficient (Wildman–Crippen LogP) is 2.40. The third-order valence-corrected chi connectivity index (χ3v) is 3.94. The van der Waals surface area contributed by atoms with Gasteiger partial charge in [-0.3, -0.25) is 0 Å². The van der Waals surface area contributed by atoms with E-state index in [1.165, 1.54) is 36.1 Å². The molecule has 88 valence electrons. The standard InChI is InChI=1S/C12H19N3S/c1-9-6-11(16-8-9)7-14-12(13)15-10-4-2-3-5-10/h6,8,10H,2-5,7H2,1H3,(H3,13,14,15). The number of thiophene rings is 1. The predicted molar refractivity (Wildman–Crippen MR) is 69.8 cm³/mol. The number of rotatable bonds is 3. The minimum Gasteiger partial charge on any atom is -0.370 e. The van der Waals surface area contributed by atoms with Gasteiger partial charge >= 0.3 is 0 Å². The van der Waals surface area contributed by atoms with E-state index in [9.17, 15) is 0 Å². The van der Waals surface area contributed by atoms with Gasteiger partial charge in [0.05, 0.1) is 6.54 Å². The van der Waals surface area contributed by atoms with Gasteiger partial charge in [0, 0.05) is 10.9 Å². The minimum atomic E-state index is 0.550. The molecule has 1 aromatic rings. The molecule has 0 saturated heterocycles. The number of aliphatic imine (C=N–C) groups is 1. The van der Waals surface area contributed by atoms with Crippen LogP contribution in [0.3, 0.4) is 0 Å². The Hall–Kier alpha value is -1.03. The van der Waals surface area contributed by atoms with Gasteiger partial charge in [-0.2, -0.15) is 0 Å². The highest BCUT2D eigenvalue weighted by Gasteiger charge is 2.14. The van der Waals surface area contributed by atoms with Crippen molar-refractivity contribution in [3.8, 4) is 0 Å². The van der Waals surface area contributed by atoms with Gasteiger partial charge in [-0.05, 0) is 36.8 Å². The maximum absolute atomic E-state index is 5.85. The van der Waals surface area contributed by atoms with Crippen molar-refractivity contribution in [1.82, 2.24) is 5.32 Å². The van der Waals surface area contributed by atoms with Gasteiger partial charge in [0.2, 0.25) is 0 Å². The summed E-state index contributed by atoms with van der Waals surface area (Å²) < 4.78 is 0. The summed E-state index contributed by atoms with van der Waals surface area (Å²) in [5, 5.41) is 5.43. The molecule has 4 heteroatoms. The van der Waals surface area contributed by atoms with Crippen LogP contribution in [-0.4, -0.2) is 12.0 Å². The van der Waals surface area contributed by atoms with Crippen molar-refractivity contribution in [2.75, 3.05) is 0 Å². The summed E-state index contributed by atoms with van der Waals surface area (Å²) in [5.41, 5.74) is 7.15. The highest BCUT2D eigenvalue weighted by molar-refractivity contribution is 7.10. The van der Waals surface area contributed by atoms with Crippen molar-refractivity contribution >= 4 is 17.3 Å². The maximum Gasteiger partial charge on any atom is 0.189 e. The Morgan fingerprint density at radius 2 is 2.31 bits per heavy atom. The average Bonchev–Trinajstić information content (AvgIpc) is 2.87. The van der Waals surface area contributed by atoms with Crippen molar-refractivity contribution in [3.63, 3.8) is 0 Å². The van der Waals surface area contributed by atoms with Crippen molar-refractivity contribution < 1.29 is 0 Å². The molecule has 1 saturated carbocycles. The number of hydrogen-bond donors (Lipinski definition) is 2. The number of nitrogens with one attached hydrogen (secondary N) is 1. The van der Waals surface area contributed by atoms with Crippen LogP contribution in [0.15, 0.2) is 16.4 Å². The summed E-state index contributed by atoms with van der Waals surface area (Å²) in [6.45, 7) is 2.80. The molecule has 3 nitrogen and oxygen atoms in total. The SMILES string of the molecule is Cc1csc(CN=C(N)NC2CCCC2)c1. The Bertz CT molecular complexity index is 364. The van der Waals surface area contributed by atoms with Crippen LogP contribution in [0.25, 0.3) is 0 Å². The molecule has 1 aliphatic carbocycles. The molecule has 0 unspecified atom stereocenters. The van der Waals surface area contributed by atoms with Crippen LogP contribution in [0.1, 0.15) is 36.1 Å². The third-order valence-electron chi connectivity index (χ3n) is 2.90. The summed E-state index contributed by atoms with van der Waals surface area (Å²) >= 11 is 1.74. The van der Waals surface area contributed by atoms with Crippen LogP contribution in [0.4, 0.5) is 0 Å². The van der Waals surface area contributed by atoms with Gasteiger partial charge in [-0.25, -0.2) is 4.99 Å². The van der Waals surface area contributed by atoms with Gasteiger partial charge < -0.3 is 11.1 Å². The molecular formula is C12H19N3S. The number of guanidine groups is 1. The first-order valence-electron chi connectivity index (χ1n) is 5.84. The topological polar surface area (TPSA) is 50.4 Å². The Kier molecular flexibility index (Phi) is 3.83. The molecule has 0 spiro atoms. The summed E-state index contributed by atoms with van der Waals surface area (Å²) in [4.78, 5) is 5.64. The van der Waals surface area contributed by atoms with Crippen LogP contribution < -0.4 is 11.1 Å². The third kappa shape index (κ3) is 3.23. The Balaban J connectivity index is 1.81. The van der Waals surface area contributed by atoms with E-state index in [0.717, 1.165) is 0 Å². The van der Waals surface area contributed by atoms with Gasteiger partial charge in [-0.15, -0.1) is 11.3 Å². The zero-order valence-corrected chi connectivity index (χ0v) is 10.5. The lowest BCUT2D eigenvalue weighted by Gasteiger charge is -2.11. The van der Waals surface area contributed by atoms with Gasteiger partial charge in [0.15, 0.2) is 5.96 Å². The first-order chi connectivity index (χ1) is 7.74. The largest absolute Gasteiger partial charge is 0.370 e. The van der Waals surface area contributed by atoms with E-state index >= 15 is 0 Å². The number of hydrogen-bond acceptors (Lipinski definition) is 2. The highest BCUT2D eigenvalue weighted by Crippen LogP contribution is 2.17. The fourth-order valence-electron chi connectivity index (χ4n) is 2.06. The molecule has 1 fully saturated rings. The number of nitrogens with two attached hydrogens (primary N) is 1. The Labute approximate surface area is 101 Å². The molecule has 3 N–H and O–H groups in total. The number of aryl methyl sites for hydroxylation is 1. The lowest BCUT2D eigenvalue weighted by atomic mass is 10.2. The lowest BCUT2D eigenvalue weighted by molar-refractivity contribution is 0.625. The molecular weight excluding hydrogens is 218 g/mol. The quantitative estimate of drug-likeness (QED) is 0.626. The molecule has 0 radical (unpaired) electrons. The molecule has 0 atom stereocenters. The zero-order valence-electron chi connectivity index (χ0n) is 9.70. The minimum absolute atomic E-state index is 0.550. The molecule has 1 aliphatic rings. The second-order valence-electron chi connectivity index (χ2n) is 4.42. The van der Waals surface area contributed by atoms with Crippen LogP contribution in [0.5, 0.6) is 0 Å². The lowest BCUT2D eigenvalue weighted by Crippen LogP contribution is -2.38. The van der Waals surface area contributed by atoms with Crippen molar-refractivity contribution in [1.29, 1.82) is 0 Å². The van der Waals surface area contributed by atoms with Gasteiger partial charge in [0.1, 0.15) is 0 Å². The normalized spacial score (nSPS) is 17.9. The van der Waals surface area contributed by atoms with Crippen LogP contribution >= 0.6 is 11.3 Å². The Morgan fingerprint density at radius 1 is 1.56 bits per heavy atom. The molecule has 16 heavy (non-hydrogen) atoms. The first-order valence-corrected chi connectivity index (χ1v) is 6.72. The van der Waals surface area contributed by atoms with E-state index in [-0.39, 0.29) is 0 Å². The molecule has 0 amide bonds. The van der Waals surface area contributed by atoms with Crippen LogP contribution in [0, 0.1) is 6.92 Å². The summed E-state index contributed by atoms with van der Waals surface area (Å²) in [6, 6.07) is 2.71. The van der Waals surface area contributed by atoms with E-state index in [4.69, 9.17) is 5.73 Å². The maximum atomic E-state index is 5.85. The zero-order chi connectivity index (χ0) is 11.4. The molecule has 2 rings (SSSR count).